The summed E-state index contributed by atoms with van der Waals surface area (Å²) in [4.78, 5) is 35.1. The highest BCUT2D eigenvalue weighted by atomic mass is 32.2. The molecule has 214 valence electrons. The molecule has 13 heteroatoms. The van der Waals surface area contributed by atoms with Gasteiger partial charge in [0.15, 0.2) is 17.4 Å². The summed E-state index contributed by atoms with van der Waals surface area (Å²) in [6, 6.07) is 5.99. The molecule has 3 atom stereocenters. The fraction of sp³-hybridized carbons (Fsp3) is 0.464. The first-order valence-corrected chi connectivity index (χ1v) is 14.7. The van der Waals surface area contributed by atoms with E-state index in [0.717, 1.165) is 42.9 Å². The highest BCUT2D eigenvalue weighted by molar-refractivity contribution is 7.99. The van der Waals surface area contributed by atoms with Crippen molar-refractivity contribution >= 4 is 29.5 Å². The number of carbonyl (C=O) groups excluding carboxylic acids is 1. The summed E-state index contributed by atoms with van der Waals surface area (Å²) in [7, 11) is 0. The summed E-state index contributed by atoms with van der Waals surface area (Å²) >= 11 is 1.42. The molecule has 1 spiro atoms. The zero-order valence-electron chi connectivity index (χ0n) is 22.5. The Morgan fingerprint density at radius 3 is 2.83 bits per heavy atom. The third kappa shape index (κ3) is 4.61. The van der Waals surface area contributed by atoms with Gasteiger partial charge in [0.2, 0.25) is 0 Å². The first-order chi connectivity index (χ1) is 19.9. The van der Waals surface area contributed by atoms with E-state index in [0.29, 0.717) is 47.7 Å². The lowest BCUT2D eigenvalue weighted by atomic mass is 9.73. The van der Waals surface area contributed by atoms with Crippen LogP contribution in [0, 0.1) is 5.41 Å². The summed E-state index contributed by atoms with van der Waals surface area (Å²) in [6.07, 6.45) is 7.65. The zero-order chi connectivity index (χ0) is 28.1. The van der Waals surface area contributed by atoms with E-state index in [1.54, 1.807) is 12.4 Å². The van der Waals surface area contributed by atoms with E-state index in [4.69, 9.17) is 30.9 Å². The van der Waals surface area contributed by atoms with Crippen LogP contribution in [0.1, 0.15) is 42.3 Å². The number of piperidine rings is 1. The topological polar surface area (TPSA) is 166 Å². The number of nitrogens with two attached hydrogens (primary N) is 2. The quantitative estimate of drug-likeness (QED) is 0.406. The van der Waals surface area contributed by atoms with E-state index >= 15 is 0 Å². The van der Waals surface area contributed by atoms with Crippen LogP contribution in [0.4, 0.5) is 16.4 Å². The Morgan fingerprint density at radius 1 is 1.20 bits per heavy atom. The van der Waals surface area contributed by atoms with Gasteiger partial charge < -0.3 is 35.8 Å². The minimum absolute atomic E-state index is 0.0105. The smallest absolute Gasteiger partial charge is 0.404 e. The molecule has 2 saturated heterocycles. The predicted molar refractivity (Wildman–Crippen MR) is 151 cm³/mol. The summed E-state index contributed by atoms with van der Waals surface area (Å²) in [5.41, 5.74) is 14.8. The number of anilines is 2. The molecule has 0 saturated carbocycles. The monoisotopic (exact) mass is 576 g/mol. The minimum atomic E-state index is -0.774. The number of aliphatic hydroxyl groups is 1. The Balaban J connectivity index is 1.06. The first-order valence-electron chi connectivity index (χ1n) is 13.9. The lowest BCUT2D eigenvalue weighted by Gasteiger charge is -2.42. The number of hydrogen-bond donors (Lipinski definition) is 3. The first kappa shape index (κ1) is 26.2. The van der Waals surface area contributed by atoms with Crippen LogP contribution in [0.3, 0.4) is 0 Å². The molecule has 41 heavy (non-hydrogen) atoms. The lowest BCUT2D eigenvalue weighted by molar-refractivity contribution is 0.114. The molecule has 2 fully saturated rings. The second kappa shape index (κ2) is 10.3. The van der Waals surface area contributed by atoms with Crippen LogP contribution >= 0.6 is 11.8 Å². The number of fused-ring (bicyclic) bond motifs is 4. The molecular weight excluding hydrogens is 544 g/mol. The molecule has 2 unspecified atom stereocenters. The summed E-state index contributed by atoms with van der Waals surface area (Å²) < 4.78 is 11.4. The number of ether oxygens (including phenoxy) is 2. The summed E-state index contributed by atoms with van der Waals surface area (Å²) in [6.45, 7) is 2.34. The molecule has 6 heterocycles. The third-order valence-electron chi connectivity index (χ3n) is 8.86. The molecule has 1 amide bonds. The van der Waals surface area contributed by atoms with Crippen molar-refractivity contribution in [3.05, 3.63) is 53.7 Å². The maximum Gasteiger partial charge on any atom is 0.404 e. The van der Waals surface area contributed by atoms with Gasteiger partial charge in [-0.25, -0.2) is 19.7 Å². The maximum absolute atomic E-state index is 11.2. The average molecular weight is 577 g/mol. The number of primary amides is 1. The van der Waals surface area contributed by atoms with E-state index in [9.17, 15) is 9.90 Å². The van der Waals surface area contributed by atoms with Crippen LogP contribution < -0.4 is 26.0 Å². The normalized spacial score (nSPS) is 24.0. The number of aromatic nitrogens is 4. The molecule has 0 bridgehead atoms. The van der Waals surface area contributed by atoms with E-state index in [-0.39, 0.29) is 30.2 Å². The highest BCUT2D eigenvalue weighted by Crippen LogP contribution is 2.50. The van der Waals surface area contributed by atoms with Crippen molar-refractivity contribution in [3.8, 4) is 5.75 Å². The lowest BCUT2D eigenvalue weighted by Crippen LogP contribution is -2.45. The molecule has 12 nitrogen and oxygen atoms in total. The largest absolute Gasteiger partial charge is 0.486 e. The van der Waals surface area contributed by atoms with E-state index in [1.165, 1.54) is 17.3 Å². The van der Waals surface area contributed by atoms with Gasteiger partial charge in [-0.1, -0.05) is 17.8 Å². The van der Waals surface area contributed by atoms with Gasteiger partial charge in [0.05, 0.1) is 30.3 Å². The number of aliphatic hydroxyl groups excluding tert-OH is 1. The van der Waals surface area contributed by atoms with Crippen LogP contribution in [0.2, 0.25) is 0 Å². The van der Waals surface area contributed by atoms with Gasteiger partial charge in [0, 0.05) is 43.6 Å². The molecule has 0 radical (unpaired) electrons. The van der Waals surface area contributed by atoms with Crippen LogP contribution in [0.5, 0.6) is 5.75 Å². The SMILES string of the molecule is NC(=O)OC1CC2COc3c(Sc4cnc(N5CCC6(CC5)Cc5ncccc5[C@H]6N)c(CO)n4)ccnc3N2C1. The van der Waals surface area contributed by atoms with Crippen molar-refractivity contribution in [2.24, 2.45) is 16.9 Å². The Kier molecular flexibility index (Phi) is 6.59. The standard InChI is InChI=1S/C28H32N8O4S/c29-24-18-2-1-6-31-19(18)11-28(24)4-8-35(9-5-28)25-20(14-37)34-22(12-33-25)41-21-3-7-32-26-23(21)39-15-16-10-17(13-36(16)26)40-27(30)38/h1-3,6-7,12,16-17,24,37H,4-5,8-11,13-15,29H2,(H2,30,38)/t16?,17?,24-/m1/s1. The molecular formula is C28H32N8O4S. The Morgan fingerprint density at radius 2 is 2.05 bits per heavy atom. The second-order valence-corrected chi connectivity index (χ2v) is 12.2. The van der Waals surface area contributed by atoms with E-state index in [1.807, 2.05) is 18.3 Å². The highest BCUT2D eigenvalue weighted by Gasteiger charge is 2.47. The Hall–Kier alpha value is -3.68. The van der Waals surface area contributed by atoms with Gasteiger partial charge in [-0.3, -0.25) is 4.98 Å². The van der Waals surface area contributed by atoms with Crippen molar-refractivity contribution in [3.63, 3.8) is 0 Å². The van der Waals surface area contributed by atoms with Gasteiger partial charge in [-0.2, -0.15) is 0 Å². The number of amides is 1. The number of nitrogens with zero attached hydrogens (tertiary/aromatic N) is 6. The minimum Gasteiger partial charge on any atom is -0.486 e. The van der Waals surface area contributed by atoms with Gasteiger partial charge in [0.1, 0.15) is 23.4 Å². The molecule has 1 aliphatic carbocycles. The van der Waals surface area contributed by atoms with Crippen LogP contribution in [0.15, 0.2) is 46.7 Å². The molecule has 4 aliphatic rings. The van der Waals surface area contributed by atoms with Gasteiger partial charge in [0.25, 0.3) is 0 Å². The molecule has 7 rings (SSSR count). The van der Waals surface area contributed by atoms with Crippen molar-refractivity contribution in [1.82, 2.24) is 19.9 Å². The third-order valence-corrected chi connectivity index (χ3v) is 9.81. The summed E-state index contributed by atoms with van der Waals surface area (Å²) in [5, 5.41) is 10.9. The van der Waals surface area contributed by atoms with Crippen LogP contribution in [0.25, 0.3) is 0 Å². The van der Waals surface area contributed by atoms with Crippen molar-refractivity contribution in [1.29, 1.82) is 0 Å². The fourth-order valence-electron chi connectivity index (χ4n) is 6.80. The van der Waals surface area contributed by atoms with Gasteiger partial charge in [-0.05, 0) is 42.4 Å². The summed E-state index contributed by atoms with van der Waals surface area (Å²) in [5.74, 6) is 2.08. The Bertz CT molecular complexity index is 1480. The molecule has 3 aromatic rings. The van der Waals surface area contributed by atoms with Crippen molar-refractivity contribution < 1.29 is 19.4 Å². The second-order valence-electron chi connectivity index (χ2n) is 11.2. The zero-order valence-corrected chi connectivity index (χ0v) is 23.3. The van der Waals surface area contributed by atoms with Crippen molar-refractivity contribution in [2.45, 2.75) is 60.4 Å². The predicted octanol–water partition coefficient (Wildman–Crippen LogP) is 2.19. The average Bonchev–Trinajstić information content (AvgIpc) is 3.51. The maximum atomic E-state index is 11.2. The van der Waals surface area contributed by atoms with E-state index < -0.39 is 6.09 Å². The molecule has 5 N–H and O–H groups in total. The molecule has 3 aromatic heterocycles. The van der Waals surface area contributed by atoms with Gasteiger partial charge >= 0.3 is 6.09 Å². The van der Waals surface area contributed by atoms with Gasteiger partial charge in [-0.15, -0.1) is 0 Å². The fourth-order valence-corrected chi connectivity index (χ4v) is 7.66. The number of rotatable bonds is 5. The molecule has 0 aromatic carbocycles. The molecule has 3 aliphatic heterocycles. The van der Waals surface area contributed by atoms with Crippen molar-refractivity contribution in [2.75, 3.05) is 36.0 Å². The number of pyridine rings is 2. The Labute approximate surface area is 241 Å². The number of carbonyl (C=O) groups is 1. The van der Waals surface area contributed by atoms with E-state index in [2.05, 4.69) is 25.8 Å². The number of hydrogen-bond acceptors (Lipinski definition) is 12. The van der Waals surface area contributed by atoms with Crippen LogP contribution in [-0.2, 0) is 17.8 Å². The van der Waals surface area contributed by atoms with Crippen LogP contribution in [-0.4, -0.2) is 69.5 Å².